The van der Waals surface area contributed by atoms with E-state index in [-0.39, 0.29) is 11.9 Å². The Labute approximate surface area is 165 Å². The average Bonchev–Trinajstić information content (AvgIpc) is 3.18. The molecule has 2 heterocycles. The van der Waals surface area contributed by atoms with Crippen LogP contribution in [0.25, 0.3) is 5.69 Å². The van der Waals surface area contributed by atoms with Crippen LogP contribution in [-0.4, -0.2) is 44.7 Å². The fourth-order valence-corrected chi connectivity index (χ4v) is 3.70. The smallest absolute Gasteiger partial charge is 0.251 e. The van der Waals surface area contributed by atoms with Crippen LogP contribution >= 0.6 is 0 Å². The lowest BCUT2D eigenvalue weighted by atomic mass is 10.0. The molecule has 1 aliphatic heterocycles. The Balaban J connectivity index is 1.33. The van der Waals surface area contributed by atoms with Crippen molar-refractivity contribution in [1.29, 1.82) is 0 Å². The molecule has 0 spiro atoms. The molecule has 1 aromatic heterocycles. The highest BCUT2D eigenvalue weighted by molar-refractivity contribution is 5.95. The lowest BCUT2D eigenvalue weighted by Crippen LogP contribution is -2.44. The summed E-state index contributed by atoms with van der Waals surface area (Å²) in [7, 11) is 0. The molecule has 4 rings (SSSR count). The monoisotopic (exact) mass is 375 g/mol. The van der Waals surface area contributed by atoms with E-state index in [1.807, 2.05) is 54.0 Å². The van der Waals surface area contributed by atoms with Crippen LogP contribution in [0.5, 0.6) is 0 Å². The summed E-state index contributed by atoms with van der Waals surface area (Å²) < 4.78 is 2.03. The third-order valence-electron chi connectivity index (χ3n) is 5.33. The molecule has 3 aromatic rings. The standard InChI is InChI=1S/C22H25N5O/c1-17-7-5-6-10-20(17)22(28)24-18-11-13-26(14-12-18)15-21-25-23-16-27(21)19-8-3-2-4-9-19/h2-10,16,18H,11-15H2,1H3,(H,24,28). The van der Waals surface area contributed by atoms with Crippen LogP contribution in [0.1, 0.15) is 34.6 Å². The minimum Gasteiger partial charge on any atom is -0.349 e. The van der Waals surface area contributed by atoms with Gasteiger partial charge >= 0.3 is 0 Å². The zero-order valence-corrected chi connectivity index (χ0v) is 16.1. The van der Waals surface area contributed by atoms with Crippen LogP contribution in [-0.2, 0) is 6.54 Å². The second-order valence-corrected chi connectivity index (χ2v) is 7.29. The van der Waals surface area contributed by atoms with Gasteiger partial charge in [0.15, 0.2) is 5.82 Å². The van der Waals surface area contributed by atoms with E-state index >= 15 is 0 Å². The number of nitrogens with one attached hydrogen (secondary N) is 1. The number of piperidine rings is 1. The molecule has 1 aliphatic rings. The van der Waals surface area contributed by atoms with E-state index in [9.17, 15) is 4.79 Å². The first-order valence-electron chi connectivity index (χ1n) is 9.74. The van der Waals surface area contributed by atoms with Gasteiger partial charge in [-0.25, -0.2) is 0 Å². The van der Waals surface area contributed by atoms with Crippen LogP contribution in [0, 0.1) is 6.92 Å². The predicted molar refractivity (Wildman–Crippen MR) is 108 cm³/mol. The molecular formula is C22H25N5O. The molecule has 0 atom stereocenters. The van der Waals surface area contributed by atoms with Crippen molar-refractivity contribution in [3.63, 3.8) is 0 Å². The maximum atomic E-state index is 12.5. The Hall–Kier alpha value is -2.99. The molecule has 0 unspecified atom stereocenters. The molecule has 6 heteroatoms. The second kappa shape index (κ2) is 8.35. The van der Waals surface area contributed by atoms with Crippen molar-refractivity contribution in [2.45, 2.75) is 32.4 Å². The lowest BCUT2D eigenvalue weighted by Gasteiger charge is -2.32. The Morgan fingerprint density at radius 3 is 2.54 bits per heavy atom. The summed E-state index contributed by atoms with van der Waals surface area (Å²) in [4.78, 5) is 14.9. The number of aryl methyl sites for hydroxylation is 1. The van der Waals surface area contributed by atoms with Crippen molar-refractivity contribution in [2.75, 3.05) is 13.1 Å². The maximum Gasteiger partial charge on any atom is 0.251 e. The van der Waals surface area contributed by atoms with Crippen LogP contribution in [0.2, 0.25) is 0 Å². The first-order valence-corrected chi connectivity index (χ1v) is 9.74. The molecule has 1 saturated heterocycles. The molecular weight excluding hydrogens is 350 g/mol. The summed E-state index contributed by atoms with van der Waals surface area (Å²) in [6.45, 7) is 4.59. The highest BCUT2D eigenvalue weighted by Crippen LogP contribution is 2.16. The third kappa shape index (κ3) is 4.12. The van der Waals surface area contributed by atoms with Crippen LogP contribution in [0.15, 0.2) is 60.9 Å². The van der Waals surface area contributed by atoms with E-state index < -0.39 is 0 Å². The number of hydrogen-bond donors (Lipinski definition) is 1. The molecule has 0 aliphatic carbocycles. The van der Waals surface area contributed by atoms with Gasteiger partial charge in [0, 0.05) is 30.4 Å². The van der Waals surface area contributed by atoms with Crippen molar-refractivity contribution < 1.29 is 4.79 Å². The van der Waals surface area contributed by atoms with Crippen LogP contribution in [0.4, 0.5) is 0 Å². The Bertz CT molecular complexity index is 929. The molecule has 2 aromatic carbocycles. The molecule has 1 amide bonds. The van der Waals surface area contributed by atoms with Gasteiger partial charge in [-0.05, 0) is 43.5 Å². The topological polar surface area (TPSA) is 63.1 Å². The van der Waals surface area contributed by atoms with Crippen molar-refractivity contribution in [3.8, 4) is 5.69 Å². The second-order valence-electron chi connectivity index (χ2n) is 7.29. The van der Waals surface area contributed by atoms with Gasteiger partial charge < -0.3 is 5.32 Å². The maximum absolute atomic E-state index is 12.5. The van der Waals surface area contributed by atoms with Crippen LogP contribution < -0.4 is 5.32 Å². The molecule has 0 saturated carbocycles. The zero-order valence-electron chi connectivity index (χ0n) is 16.1. The molecule has 1 N–H and O–H groups in total. The summed E-state index contributed by atoms with van der Waals surface area (Å²) in [5, 5.41) is 11.6. The zero-order chi connectivity index (χ0) is 19.3. The summed E-state index contributed by atoms with van der Waals surface area (Å²) in [5.74, 6) is 0.967. The fourth-order valence-electron chi connectivity index (χ4n) is 3.70. The van der Waals surface area contributed by atoms with Crippen molar-refractivity contribution in [1.82, 2.24) is 25.0 Å². The summed E-state index contributed by atoms with van der Waals surface area (Å²) in [6.07, 6.45) is 3.65. The molecule has 0 radical (unpaired) electrons. The Morgan fingerprint density at radius 1 is 1.07 bits per heavy atom. The van der Waals surface area contributed by atoms with E-state index in [2.05, 4.69) is 32.5 Å². The van der Waals surface area contributed by atoms with E-state index in [0.29, 0.717) is 0 Å². The number of nitrogens with zero attached hydrogens (tertiary/aromatic N) is 4. The van der Waals surface area contributed by atoms with Crippen molar-refractivity contribution in [3.05, 3.63) is 77.9 Å². The van der Waals surface area contributed by atoms with Gasteiger partial charge in [0.2, 0.25) is 0 Å². The number of likely N-dealkylation sites (tertiary alicyclic amines) is 1. The first kappa shape index (κ1) is 18.4. The first-order chi connectivity index (χ1) is 13.7. The SMILES string of the molecule is Cc1ccccc1C(=O)NC1CCN(Cc2nncn2-c2ccccc2)CC1. The third-order valence-corrected chi connectivity index (χ3v) is 5.33. The predicted octanol–water partition coefficient (Wildman–Crippen LogP) is 2.97. The normalized spacial score (nSPS) is 15.5. The van der Waals surface area contributed by atoms with E-state index in [1.165, 1.54) is 0 Å². The van der Waals surface area contributed by atoms with E-state index in [0.717, 1.165) is 55.1 Å². The fraction of sp³-hybridized carbons (Fsp3) is 0.318. The molecule has 1 fully saturated rings. The number of amides is 1. The summed E-state index contributed by atoms with van der Waals surface area (Å²) in [5.41, 5.74) is 2.85. The molecule has 144 valence electrons. The number of hydrogen-bond acceptors (Lipinski definition) is 4. The summed E-state index contributed by atoms with van der Waals surface area (Å²) in [6, 6.07) is 18.1. The van der Waals surface area contributed by atoms with Crippen molar-refractivity contribution in [2.24, 2.45) is 0 Å². The number of benzene rings is 2. The summed E-state index contributed by atoms with van der Waals surface area (Å²) >= 11 is 0. The number of carbonyl (C=O) groups excluding carboxylic acids is 1. The number of para-hydroxylation sites is 1. The van der Waals surface area contributed by atoms with Gasteiger partial charge in [0.05, 0.1) is 6.54 Å². The van der Waals surface area contributed by atoms with Gasteiger partial charge in [-0.2, -0.15) is 0 Å². The minimum atomic E-state index is 0.0281. The average molecular weight is 375 g/mol. The Morgan fingerprint density at radius 2 is 1.79 bits per heavy atom. The molecule has 0 bridgehead atoms. The number of aromatic nitrogens is 3. The number of carbonyl (C=O) groups is 1. The lowest BCUT2D eigenvalue weighted by molar-refractivity contribution is 0.0907. The number of rotatable bonds is 5. The van der Waals surface area contributed by atoms with E-state index in [4.69, 9.17) is 0 Å². The van der Waals surface area contributed by atoms with E-state index in [1.54, 1.807) is 6.33 Å². The molecule has 6 nitrogen and oxygen atoms in total. The molecule has 28 heavy (non-hydrogen) atoms. The van der Waals surface area contributed by atoms with Crippen molar-refractivity contribution >= 4 is 5.91 Å². The quantitative estimate of drug-likeness (QED) is 0.745. The van der Waals surface area contributed by atoms with Gasteiger partial charge in [-0.3, -0.25) is 14.3 Å². The largest absolute Gasteiger partial charge is 0.349 e. The van der Waals surface area contributed by atoms with Gasteiger partial charge in [0.25, 0.3) is 5.91 Å². The Kier molecular flexibility index (Phi) is 5.48. The van der Waals surface area contributed by atoms with Gasteiger partial charge in [-0.1, -0.05) is 36.4 Å². The van der Waals surface area contributed by atoms with Crippen LogP contribution in [0.3, 0.4) is 0 Å². The minimum absolute atomic E-state index is 0.0281. The highest BCUT2D eigenvalue weighted by atomic mass is 16.1. The highest BCUT2D eigenvalue weighted by Gasteiger charge is 2.23. The van der Waals surface area contributed by atoms with Gasteiger partial charge in [-0.15, -0.1) is 10.2 Å². The van der Waals surface area contributed by atoms with Gasteiger partial charge in [0.1, 0.15) is 6.33 Å².